The second-order valence-electron chi connectivity index (χ2n) is 4.41. The van der Waals surface area contributed by atoms with Crippen LogP contribution in [0.2, 0.25) is 0 Å². The first kappa shape index (κ1) is 13.8. The Labute approximate surface area is 129 Å². The van der Waals surface area contributed by atoms with Crippen LogP contribution in [-0.4, -0.2) is 27.2 Å². The van der Waals surface area contributed by atoms with Crippen LogP contribution in [0.1, 0.15) is 17.4 Å². The third-order valence-electron chi connectivity index (χ3n) is 2.96. The molecule has 21 heavy (non-hydrogen) atoms. The van der Waals surface area contributed by atoms with E-state index in [1.165, 1.54) is 0 Å². The Balaban J connectivity index is 2.02. The van der Waals surface area contributed by atoms with Crippen LogP contribution in [0, 0.1) is 0 Å². The van der Waals surface area contributed by atoms with E-state index >= 15 is 0 Å². The molecule has 2 heterocycles. The van der Waals surface area contributed by atoms with E-state index in [0.29, 0.717) is 12.3 Å². The number of aromatic nitrogens is 3. The lowest BCUT2D eigenvalue weighted by Crippen LogP contribution is -2.05. The Morgan fingerprint density at radius 1 is 1.33 bits per heavy atom. The quantitative estimate of drug-likeness (QED) is 0.683. The summed E-state index contributed by atoms with van der Waals surface area (Å²) in [5.41, 5.74) is 2.81. The summed E-state index contributed by atoms with van der Waals surface area (Å²) >= 11 is 3.45. The lowest BCUT2D eigenvalue weighted by molar-refractivity contribution is 0.0519. The first-order valence-corrected chi connectivity index (χ1v) is 7.25. The Morgan fingerprint density at radius 3 is 2.95 bits per heavy atom. The van der Waals surface area contributed by atoms with Crippen LogP contribution in [0.25, 0.3) is 16.8 Å². The van der Waals surface area contributed by atoms with Gasteiger partial charge in [-0.05, 0) is 24.6 Å². The van der Waals surface area contributed by atoms with Crippen LogP contribution in [0.15, 0.2) is 47.2 Å². The summed E-state index contributed by atoms with van der Waals surface area (Å²) < 4.78 is 7.52. The van der Waals surface area contributed by atoms with Gasteiger partial charge in [0.25, 0.3) is 0 Å². The molecular weight excluding hydrogens is 334 g/mol. The first-order valence-electron chi connectivity index (χ1n) is 6.46. The molecule has 2 aromatic heterocycles. The molecule has 0 spiro atoms. The molecule has 1 aromatic carbocycles. The van der Waals surface area contributed by atoms with Crippen molar-refractivity contribution in [3.05, 3.63) is 52.9 Å². The van der Waals surface area contributed by atoms with E-state index < -0.39 is 5.97 Å². The van der Waals surface area contributed by atoms with Crippen molar-refractivity contribution in [1.82, 2.24) is 14.6 Å². The number of carbonyl (C=O) groups is 1. The van der Waals surface area contributed by atoms with Crippen LogP contribution in [0.5, 0.6) is 0 Å². The van der Waals surface area contributed by atoms with E-state index in [1.54, 1.807) is 23.7 Å². The lowest BCUT2D eigenvalue weighted by atomic mass is 10.1. The highest BCUT2D eigenvalue weighted by atomic mass is 79.9. The second kappa shape index (κ2) is 5.65. The number of hydrogen-bond acceptors (Lipinski definition) is 4. The summed E-state index contributed by atoms with van der Waals surface area (Å²) in [6.07, 6.45) is 3.60. The number of ether oxygens (including phenoxy) is 1. The van der Waals surface area contributed by atoms with Crippen molar-refractivity contribution in [2.24, 2.45) is 0 Å². The number of esters is 1. The van der Waals surface area contributed by atoms with E-state index in [2.05, 4.69) is 26.0 Å². The summed E-state index contributed by atoms with van der Waals surface area (Å²) in [6, 6.07) is 9.52. The Bertz CT molecular complexity index is 814. The summed E-state index contributed by atoms with van der Waals surface area (Å²) in [4.78, 5) is 16.0. The summed E-state index contributed by atoms with van der Waals surface area (Å²) in [5.74, 6) is -0.438. The van der Waals surface area contributed by atoms with Crippen molar-refractivity contribution < 1.29 is 9.53 Å². The number of fused-ring (bicyclic) bond motifs is 1. The van der Waals surface area contributed by atoms with E-state index in [9.17, 15) is 4.79 Å². The van der Waals surface area contributed by atoms with Gasteiger partial charge in [0.05, 0.1) is 6.61 Å². The molecule has 0 saturated heterocycles. The van der Waals surface area contributed by atoms with Crippen LogP contribution in [0.3, 0.4) is 0 Å². The Kier molecular flexibility index (Phi) is 3.70. The average Bonchev–Trinajstić information content (AvgIpc) is 2.90. The van der Waals surface area contributed by atoms with Gasteiger partial charge < -0.3 is 4.74 Å². The minimum atomic E-state index is -0.438. The van der Waals surface area contributed by atoms with Gasteiger partial charge in [-0.3, -0.25) is 0 Å². The average molecular weight is 346 g/mol. The highest BCUT2D eigenvalue weighted by Gasteiger charge is 2.12. The standard InChI is InChI=1S/C15H12BrN3O2/c1-2-21-15(20)13-7-14-17-8-11(9-19(14)18-13)10-4-3-5-12(16)6-10/h3-9H,2H2,1H3. The zero-order valence-corrected chi connectivity index (χ0v) is 12.9. The van der Waals surface area contributed by atoms with Crippen LogP contribution in [-0.2, 0) is 4.74 Å². The van der Waals surface area contributed by atoms with Crippen LogP contribution in [0.4, 0.5) is 0 Å². The number of nitrogens with zero attached hydrogens (tertiary/aromatic N) is 3. The van der Waals surface area contributed by atoms with E-state index in [4.69, 9.17) is 4.74 Å². The molecule has 0 amide bonds. The topological polar surface area (TPSA) is 56.5 Å². The SMILES string of the molecule is CCOC(=O)c1cc2ncc(-c3cccc(Br)c3)cn2n1. The summed E-state index contributed by atoms with van der Waals surface area (Å²) in [5, 5.41) is 4.21. The van der Waals surface area contributed by atoms with E-state index in [-0.39, 0.29) is 5.69 Å². The van der Waals surface area contributed by atoms with Crippen molar-refractivity contribution in [3.8, 4) is 11.1 Å². The van der Waals surface area contributed by atoms with Gasteiger partial charge in [-0.15, -0.1) is 0 Å². The van der Waals surface area contributed by atoms with Gasteiger partial charge in [0, 0.05) is 28.5 Å². The monoisotopic (exact) mass is 345 g/mol. The van der Waals surface area contributed by atoms with Crippen molar-refractivity contribution >= 4 is 27.5 Å². The van der Waals surface area contributed by atoms with Gasteiger partial charge in [0.1, 0.15) is 0 Å². The maximum Gasteiger partial charge on any atom is 0.358 e. The third-order valence-corrected chi connectivity index (χ3v) is 3.45. The number of benzene rings is 1. The fourth-order valence-corrected chi connectivity index (χ4v) is 2.40. The van der Waals surface area contributed by atoms with Crippen LogP contribution >= 0.6 is 15.9 Å². The van der Waals surface area contributed by atoms with Gasteiger partial charge in [-0.1, -0.05) is 28.1 Å². The first-order chi connectivity index (χ1) is 10.2. The molecule has 0 aliphatic carbocycles. The maximum absolute atomic E-state index is 11.7. The zero-order valence-electron chi connectivity index (χ0n) is 11.3. The highest BCUT2D eigenvalue weighted by Crippen LogP contribution is 2.22. The van der Waals surface area contributed by atoms with Gasteiger partial charge in [-0.2, -0.15) is 5.10 Å². The fraction of sp³-hybridized carbons (Fsp3) is 0.133. The van der Waals surface area contributed by atoms with E-state index in [0.717, 1.165) is 15.6 Å². The minimum absolute atomic E-state index is 0.260. The molecule has 3 rings (SSSR count). The molecule has 0 bridgehead atoms. The molecule has 0 radical (unpaired) electrons. The maximum atomic E-state index is 11.7. The molecule has 106 valence electrons. The highest BCUT2D eigenvalue weighted by molar-refractivity contribution is 9.10. The number of hydrogen-bond donors (Lipinski definition) is 0. The molecule has 3 aromatic rings. The van der Waals surface area contributed by atoms with Gasteiger partial charge in [0.2, 0.25) is 0 Å². The molecule has 0 N–H and O–H groups in total. The number of halogens is 1. The van der Waals surface area contributed by atoms with Crippen molar-refractivity contribution in [2.75, 3.05) is 6.61 Å². The van der Waals surface area contributed by atoms with E-state index in [1.807, 2.05) is 30.5 Å². The van der Waals surface area contributed by atoms with Crippen molar-refractivity contribution in [1.29, 1.82) is 0 Å². The second-order valence-corrected chi connectivity index (χ2v) is 5.32. The molecule has 0 atom stereocenters. The smallest absolute Gasteiger partial charge is 0.358 e. The third kappa shape index (κ3) is 2.80. The predicted octanol–water partition coefficient (Wildman–Crippen LogP) is 3.34. The normalized spacial score (nSPS) is 10.8. The molecule has 0 aliphatic heterocycles. The number of carbonyl (C=O) groups excluding carboxylic acids is 1. The molecular formula is C15H12BrN3O2. The Morgan fingerprint density at radius 2 is 2.19 bits per heavy atom. The van der Waals surface area contributed by atoms with Crippen molar-refractivity contribution in [3.63, 3.8) is 0 Å². The van der Waals surface area contributed by atoms with Gasteiger partial charge >= 0.3 is 5.97 Å². The van der Waals surface area contributed by atoms with Crippen molar-refractivity contribution in [2.45, 2.75) is 6.92 Å². The Hall–Kier alpha value is -2.21. The number of rotatable bonds is 3. The molecule has 5 nitrogen and oxygen atoms in total. The molecule has 6 heteroatoms. The predicted molar refractivity (Wildman–Crippen MR) is 82.1 cm³/mol. The largest absolute Gasteiger partial charge is 0.461 e. The molecule has 0 saturated carbocycles. The fourth-order valence-electron chi connectivity index (χ4n) is 2.00. The molecule has 0 unspecified atom stereocenters. The zero-order chi connectivity index (χ0) is 14.8. The minimum Gasteiger partial charge on any atom is -0.461 e. The lowest BCUT2D eigenvalue weighted by Gasteiger charge is -2.02. The summed E-state index contributed by atoms with van der Waals surface area (Å²) in [7, 11) is 0. The van der Waals surface area contributed by atoms with Crippen LogP contribution < -0.4 is 0 Å². The molecule has 0 aliphatic rings. The summed E-state index contributed by atoms with van der Waals surface area (Å²) in [6.45, 7) is 2.08. The van der Waals surface area contributed by atoms with Gasteiger partial charge in [-0.25, -0.2) is 14.3 Å². The van der Waals surface area contributed by atoms with Gasteiger partial charge in [0.15, 0.2) is 11.3 Å². The molecule has 0 fully saturated rings.